The van der Waals surface area contributed by atoms with Crippen LogP contribution in [0.5, 0.6) is 0 Å². The lowest BCUT2D eigenvalue weighted by Crippen LogP contribution is -2.58. The van der Waals surface area contributed by atoms with E-state index in [1.54, 1.807) is 11.9 Å². The van der Waals surface area contributed by atoms with Crippen LogP contribution < -0.4 is 0 Å². The minimum atomic E-state index is -2.10. The molecule has 26 heavy (non-hydrogen) atoms. The van der Waals surface area contributed by atoms with Crippen molar-refractivity contribution >= 4 is 21.5 Å². The van der Waals surface area contributed by atoms with Crippen LogP contribution in [0, 0.1) is 0 Å². The number of piperazine rings is 1. The molecule has 3 rings (SSSR count). The highest BCUT2D eigenvalue weighted by molar-refractivity contribution is 7.93. The molecule has 2 amide bonds. The highest BCUT2D eigenvalue weighted by Gasteiger charge is 2.42. The van der Waals surface area contributed by atoms with Crippen molar-refractivity contribution in [1.82, 2.24) is 14.7 Å². The zero-order valence-corrected chi connectivity index (χ0v) is 16.6. The lowest BCUT2D eigenvalue weighted by atomic mass is 9.94. The van der Waals surface area contributed by atoms with Gasteiger partial charge in [-0.2, -0.15) is 0 Å². The van der Waals surface area contributed by atoms with Crippen molar-refractivity contribution in [3.63, 3.8) is 0 Å². The molecule has 3 saturated heterocycles. The van der Waals surface area contributed by atoms with E-state index in [2.05, 4.69) is 4.36 Å². The number of hydrogen-bond acceptors (Lipinski definition) is 6. The van der Waals surface area contributed by atoms with Crippen molar-refractivity contribution in [2.24, 2.45) is 4.36 Å². The first kappa shape index (κ1) is 19.6. The molecule has 0 bridgehead atoms. The molecular weight excluding hydrogens is 356 g/mol. The van der Waals surface area contributed by atoms with Gasteiger partial charge in [0.05, 0.1) is 25.3 Å². The summed E-state index contributed by atoms with van der Waals surface area (Å²) in [6.07, 6.45) is 1.37. The van der Waals surface area contributed by atoms with Crippen LogP contribution in [0.3, 0.4) is 0 Å². The van der Waals surface area contributed by atoms with Crippen LogP contribution in [0.25, 0.3) is 0 Å². The monoisotopic (exact) mass is 386 g/mol. The van der Waals surface area contributed by atoms with Crippen molar-refractivity contribution in [2.75, 3.05) is 71.0 Å². The summed E-state index contributed by atoms with van der Waals surface area (Å²) in [6.45, 7) is 6.11. The molecule has 3 aliphatic rings. The number of carbonyl (C=O) groups excluding carboxylic acids is 2. The molecule has 0 saturated carbocycles. The maximum Gasteiger partial charge on any atom is 0.236 e. The van der Waals surface area contributed by atoms with E-state index in [-0.39, 0.29) is 24.0 Å². The van der Waals surface area contributed by atoms with E-state index in [4.69, 9.17) is 4.74 Å². The number of likely N-dealkylation sites (N-methyl/N-ethyl adjacent to an activating group) is 1. The minimum Gasteiger partial charge on any atom is -0.371 e. The second kappa shape index (κ2) is 7.82. The fourth-order valence-electron chi connectivity index (χ4n) is 3.88. The van der Waals surface area contributed by atoms with Crippen LogP contribution >= 0.6 is 0 Å². The molecule has 0 atom stereocenters. The standard InChI is InChI=1S/C17H30N4O4S/c1-3-18-26(24)10-4-17(5-11-26)14-21(8-9-25-17)16(23)13-20-7-6-19(2)15(22)12-20/h3-14H2,1-2H3. The van der Waals surface area contributed by atoms with Gasteiger partial charge in [0.15, 0.2) is 0 Å². The van der Waals surface area contributed by atoms with Gasteiger partial charge in [-0.25, -0.2) is 8.57 Å². The van der Waals surface area contributed by atoms with Crippen molar-refractivity contribution < 1.29 is 18.5 Å². The third-order valence-corrected chi connectivity index (χ3v) is 8.03. The van der Waals surface area contributed by atoms with Crippen LogP contribution in [-0.2, 0) is 24.1 Å². The van der Waals surface area contributed by atoms with Gasteiger partial charge in [-0.15, -0.1) is 0 Å². The van der Waals surface area contributed by atoms with Gasteiger partial charge in [0.25, 0.3) is 0 Å². The van der Waals surface area contributed by atoms with Crippen LogP contribution in [0.2, 0.25) is 0 Å². The molecule has 0 radical (unpaired) electrons. The summed E-state index contributed by atoms with van der Waals surface area (Å²) >= 11 is 0. The number of amides is 2. The molecule has 0 aromatic heterocycles. The average molecular weight is 387 g/mol. The van der Waals surface area contributed by atoms with Crippen molar-refractivity contribution in [3.05, 3.63) is 0 Å². The van der Waals surface area contributed by atoms with Gasteiger partial charge >= 0.3 is 0 Å². The number of ether oxygens (including phenoxy) is 1. The van der Waals surface area contributed by atoms with Crippen LogP contribution in [0.4, 0.5) is 0 Å². The number of rotatable bonds is 3. The van der Waals surface area contributed by atoms with Gasteiger partial charge in [0.1, 0.15) is 0 Å². The molecule has 3 fully saturated rings. The van der Waals surface area contributed by atoms with Crippen molar-refractivity contribution in [2.45, 2.75) is 25.4 Å². The minimum absolute atomic E-state index is 0.0505. The Morgan fingerprint density at radius 2 is 2.00 bits per heavy atom. The van der Waals surface area contributed by atoms with E-state index >= 15 is 0 Å². The molecule has 0 unspecified atom stereocenters. The van der Waals surface area contributed by atoms with E-state index < -0.39 is 9.73 Å². The Morgan fingerprint density at radius 3 is 2.65 bits per heavy atom. The fourth-order valence-corrected chi connectivity index (χ4v) is 6.19. The maximum atomic E-state index is 12.7. The van der Waals surface area contributed by atoms with Gasteiger partial charge in [0, 0.05) is 61.0 Å². The van der Waals surface area contributed by atoms with Gasteiger partial charge in [-0.1, -0.05) is 0 Å². The van der Waals surface area contributed by atoms with Gasteiger partial charge in [-0.3, -0.25) is 14.5 Å². The topological polar surface area (TPSA) is 82.5 Å². The first-order valence-electron chi connectivity index (χ1n) is 9.41. The second-order valence-electron chi connectivity index (χ2n) is 7.50. The number of nitrogens with zero attached hydrogens (tertiary/aromatic N) is 4. The summed E-state index contributed by atoms with van der Waals surface area (Å²) in [5.41, 5.74) is -0.379. The second-order valence-corrected chi connectivity index (χ2v) is 10.1. The molecule has 1 spiro atoms. The Kier molecular flexibility index (Phi) is 5.88. The Morgan fingerprint density at radius 1 is 1.27 bits per heavy atom. The molecule has 8 nitrogen and oxygen atoms in total. The predicted octanol–water partition coefficient (Wildman–Crippen LogP) is -0.360. The molecule has 0 N–H and O–H groups in total. The molecule has 0 aromatic carbocycles. The lowest BCUT2D eigenvalue weighted by molar-refractivity contribution is -0.154. The van der Waals surface area contributed by atoms with Crippen LogP contribution in [0.15, 0.2) is 4.36 Å². The Balaban J connectivity index is 1.57. The number of morpholine rings is 1. The number of carbonyl (C=O) groups is 2. The van der Waals surface area contributed by atoms with E-state index in [0.717, 1.165) is 6.54 Å². The quantitative estimate of drug-likeness (QED) is 0.662. The summed E-state index contributed by atoms with van der Waals surface area (Å²) in [4.78, 5) is 30.0. The largest absolute Gasteiger partial charge is 0.371 e. The molecule has 3 heterocycles. The lowest BCUT2D eigenvalue weighted by Gasteiger charge is -2.45. The van der Waals surface area contributed by atoms with Gasteiger partial charge in [0.2, 0.25) is 11.8 Å². The normalized spacial score (nSPS) is 33.5. The highest BCUT2D eigenvalue weighted by atomic mass is 32.2. The van der Waals surface area contributed by atoms with Crippen molar-refractivity contribution in [1.29, 1.82) is 0 Å². The summed E-state index contributed by atoms with van der Waals surface area (Å²) in [5.74, 6) is 1.21. The third kappa shape index (κ3) is 4.37. The zero-order chi connectivity index (χ0) is 18.8. The first-order chi connectivity index (χ1) is 12.3. The first-order valence-corrected chi connectivity index (χ1v) is 11.3. The average Bonchev–Trinajstić information content (AvgIpc) is 2.62. The zero-order valence-electron chi connectivity index (χ0n) is 15.8. The highest BCUT2D eigenvalue weighted by Crippen LogP contribution is 2.32. The molecule has 3 aliphatic heterocycles. The van der Waals surface area contributed by atoms with E-state index in [1.807, 2.05) is 16.7 Å². The smallest absolute Gasteiger partial charge is 0.236 e. The van der Waals surface area contributed by atoms with Crippen molar-refractivity contribution in [3.8, 4) is 0 Å². The van der Waals surface area contributed by atoms with E-state index in [1.165, 1.54) is 0 Å². The Hall–Kier alpha value is -1.19. The fraction of sp³-hybridized carbons (Fsp3) is 0.882. The molecule has 9 heteroatoms. The summed E-state index contributed by atoms with van der Waals surface area (Å²) in [7, 11) is -0.305. The van der Waals surface area contributed by atoms with E-state index in [9.17, 15) is 13.8 Å². The summed E-state index contributed by atoms with van der Waals surface area (Å²) < 4.78 is 23.0. The SMILES string of the molecule is CCN=S1(=O)CCC2(CC1)CN(C(=O)CN1CCN(C)C(=O)C1)CCO2. The third-order valence-electron chi connectivity index (χ3n) is 5.61. The summed E-state index contributed by atoms with van der Waals surface area (Å²) in [6, 6.07) is 0. The summed E-state index contributed by atoms with van der Waals surface area (Å²) in [5, 5.41) is 0. The van der Waals surface area contributed by atoms with E-state index in [0.29, 0.717) is 63.7 Å². The molecular formula is C17H30N4O4S. The molecule has 148 valence electrons. The van der Waals surface area contributed by atoms with Gasteiger partial charge < -0.3 is 14.5 Å². The molecule has 0 aromatic rings. The maximum absolute atomic E-state index is 12.7. The molecule has 0 aliphatic carbocycles. The number of hydrogen-bond donors (Lipinski definition) is 0. The van der Waals surface area contributed by atoms with Gasteiger partial charge in [-0.05, 0) is 19.8 Å². The Labute approximate surface area is 156 Å². The Bertz CT molecular complexity index is 660. The predicted molar refractivity (Wildman–Crippen MR) is 99.4 cm³/mol. The van der Waals surface area contributed by atoms with Crippen LogP contribution in [-0.4, -0.2) is 107 Å². The van der Waals surface area contributed by atoms with Crippen LogP contribution in [0.1, 0.15) is 19.8 Å².